The molecule has 1 aliphatic carbocycles. The topological polar surface area (TPSA) is 83.4 Å². The number of hydrogen-bond acceptors (Lipinski definition) is 5. The van der Waals surface area contributed by atoms with E-state index in [1.54, 1.807) is 36.7 Å². The van der Waals surface area contributed by atoms with Crippen molar-refractivity contribution >= 4 is 10.9 Å². The van der Waals surface area contributed by atoms with Crippen molar-refractivity contribution in [3.05, 3.63) is 83.7 Å². The maximum atomic E-state index is 13.4. The quantitative estimate of drug-likeness (QED) is 0.352. The van der Waals surface area contributed by atoms with Crippen LogP contribution in [0.25, 0.3) is 33.9 Å². The number of rotatable bonds is 5. The highest BCUT2D eigenvalue weighted by molar-refractivity contribution is 5.80. The van der Waals surface area contributed by atoms with E-state index < -0.39 is 12.2 Å². The van der Waals surface area contributed by atoms with E-state index in [4.69, 9.17) is 0 Å². The lowest BCUT2D eigenvalue weighted by molar-refractivity contribution is -0.162. The summed E-state index contributed by atoms with van der Waals surface area (Å²) in [5.41, 5.74) is 2.20. The fourth-order valence-electron chi connectivity index (χ4n) is 4.17. The largest absolute Gasteiger partial charge is 0.408 e. The van der Waals surface area contributed by atoms with Gasteiger partial charge in [-0.1, -0.05) is 6.07 Å². The van der Waals surface area contributed by atoms with Crippen molar-refractivity contribution in [3.8, 4) is 23.0 Å². The Morgan fingerprint density at radius 2 is 1.89 bits per heavy atom. The van der Waals surface area contributed by atoms with E-state index in [1.807, 2.05) is 16.8 Å². The molecule has 1 aliphatic rings. The van der Waals surface area contributed by atoms with E-state index in [-0.39, 0.29) is 22.9 Å². The number of fused-ring (bicyclic) bond motifs is 1. The molecule has 4 heterocycles. The molecule has 11 heteroatoms. The van der Waals surface area contributed by atoms with Gasteiger partial charge >= 0.3 is 6.18 Å². The maximum Gasteiger partial charge on any atom is 0.408 e. The van der Waals surface area contributed by atoms with E-state index in [2.05, 4.69) is 19.9 Å². The molecule has 0 aliphatic heterocycles. The summed E-state index contributed by atoms with van der Waals surface area (Å²) in [6.45, 7) is 1.05. The van der Waals surface area contributed by atoms with Crippen LogP contribution in [0.3, 0.4) is 0 Å². The fourth-order valence-corrected chi connectivity index (χ4v) is 4.17. The average Bonchev–Trinajstić information content (AvgIpc) is 3.39. The molecule has 182 valence electrons. The van der Waals surface area contributed by atoms with Crippen molar-refractivity contribution in [2.75, 3.05) is 0 Å². The standard InChI is InChI=1S/C25H20F3N7O/c1-15(25(26,27)28)34-10-9-29-23(34)20-3-2-4-22(32-20)35-14-31-19-8-7-17(11-18(19)24(35)36)33-12-21(30-13-33)16-5-6-16/h2-4,7-16H,5-6H2,1H3. The van der Waals surface area contributed by atoms with Crippen LogP contribution in [0, 0.1) is 0 Å². The van der Waals surface area contributed by atoms with Crippen LogP contribution < -0.4 is 5.56 Å². The molecule has 0 bridgehead atoms. The van der Waals surface area contributed by atoms with Gasteiger partial charge in [-0.15, -0.1) is 0 Å². The average molecular weight is 491 g/mol. The van der Waals surface area contributed by atoms with Gasteiger partial charge in [0.2, 0.25) is 0 Å². The van der Waals surface area contributed by atoms with Crippen LogP contribution in [0.1, 0.15) is 37.4 Å². The Balaban J connectivity index is 1.40. The van der Waals surface area contributed by atoms with Crippen LogP contribution in [-0.2, 0) is 0 Å². The number of pyridine rings is 1. The van der Waals surface area contributed by atoms with Gasteiger partial charge in [0.05, 0.1) is 22.9 Å². The highest BCUT2D eigenvalue weighted by Gasteiger charge is 2.38. The van der Waals surface area contributed by atoms with Gasteiger partial charge in [-0.25, -0.2) is 19.9 Å². The molecule has 1 fully saturated rings. The molecule has 5 aromatic rings. The molecule has 1 atom stereocenters. The van der Waals surface area contributed by atoms with Crippen molar-refractivity contribution in [2.45, 2.75) is 37.9 Å². The molecule has 8 nitrogen and oxygen atoms in total. The van der Waals surface area contributed by atoms with E-state index in [9.17, 15) is 18.0 Å². The Kier molecular flexibility index (Phi) is 5.02. The molecular weight excluding hydrogens is 471 g/mol. The van der Waals surface area contributed by atoms with Gasteiger partial charge in [0.1, 0.15) is 23.9 Å². The molecule has 1 aromatic carbocycles. The predicted molar refractivity (Wildman–Crippen MR) is 126 cm³/mol. The number of aromatic nitrogens is 7. The van der Waals surface area contributed by atoms with Gasteiger partial charge in [-0.05, 0) is 50.1 Å². The Morgan fingerprint density at radius 3 is 2.67 bits per heavy atom. The normalized spacial score (nSPS) is 14.9. The fraction of sp³-hybridized carbons (Fsp3) is 0.240. The summed E-state index contributed by atoms with van der Waals surface area (Å²) in [6.07, 6.45) is 5.47. The third kappa shape index (κ3) is 3.86. The Hall–Kier alpha value is -4.28. The third-order valence-electron chi connectivity index (χ3n) is 6.41. The molecule has 4 aromatic heterocycles. The van der Waals surface area contributed by atoms with Gasteiger partial charge in [0.25, 0.3) is 5.56 Å². The molecule has 0 amide bonds. The Bertz CT molecular complexity index is 1650. The molecule has 1 unspecified atom stereocenters. The third-order valence-corrected chi connectivity index (χ3v) is 6.41. The van der Waals surface area contributed by atoms with Gasteiger partial charge in [-0.3, -0.25) is 9.36 Å². The number of imidazole rings is 2. The first-order valence-corrected chi connectivity index (χ1v) is 11.4. The SMILES string of the molecule is CC(n1ccnc1-c1cccc(-n2cnc3ccc(-n4cnc(C5CC5)c4)cc3c2=O)n1)C(F)(F)F. The lowest BCUT2D eigenvalue weighted by atomic mass is 10.2. The molecule has 0 saturated heterocycles. The minimum Gasteiger partial charge on any atom is -0.318 e. The highest BCUT2D eigenvalue weighted by atomic mass is 19.4. The lowest BCUT2D eigenvalue weighted by Gasteiger charge is -2.19. The zero-order valence-corrected chi connectivity index (χ0v) is 19.1. The van der Waals surface area contributed by atoms with Gasteiger partial charge in [0, 0.05) is 30.2 Å². The predicted octanol–water partition coefficient (Wildman–Crippen LogP) is 4.83. The molecule has 6 rings (SSSR count). The van der Waals surface area contributed by atoms with Crippen LogP contribution >= 0.6 is 0 Å². The summed E-state index contributed by atoms with van der Waals surface area (Å²) in [5, 5.41) is 0.385. The molecule has 1 saturated carbocycles. The summed E-state index contributed by atoms with van der Waals surface area (Å²) in [4.78, 5) is 30.8. The number of alkyl halides is 3. The first-order chi connectivity index (χ1) is 17.3. The highest BCUT2D eigenvalue weighted by Crippen LogP contribution is 2.39. The monoisotopic (exact) mass is 491 g/mol. The second-order valence-corrected chi connectivity index (χ2v) is 8.86. The van der Waals surface area contributed by atoms with Crippen molar-refractivity contribution < 1.29 is 13.2 Å². The molecule has 36 heavy (non-hydrogen) atoms. The molecule has 0 N–H and O–H groups in total. The van der Waals surface area contributed by atoms with Crippen molar-refractivity contribution in [1.29, 1.82) is 0 Å². The lowest BCUT2D eigenvalue weighted by Crippen LogP contribution is -2.24. The smallest absolute Gasteiger partial charge is 0.318 e. The summed E-state index contributed by atoms with van der Waals surface area (Å²) < 4.78 is 44.1. The van der Waals surface area contributed by atoms with Crippen molar-refractivity contribution in [3.63, 3.8) is 0 Å². The zero-order valence-electron chi connectivity index (χ0n) is 19.1. The van der Waals surface area contributed by atoms with Crippen molar-refractivity contribution in [2.24, 2.45) is 0 Å². The van der Waals surface area contributed by atoms with Crippen LogP contribution in [0.5, 0.6) is 0 Å². The number of nitrogens with zero attached hydrogens (tertiary/aromatic N) is 7. The van der Waals surface area contributed by atoms with Crippen molar-refractivity contribution in [1.82, 2.24) is 33.6 Å². The van der Waals surface area contributed by atoms with E-state index >= 15 is 0 Å². The summed E-state index contributed by atoms with van der Waals surface area (Å²) in [7, 11) is 0. The minimum atomic E-state index is -4.45. The van der Waals surface area contributed by atoms with Crippen LogP contribution in [0.4, 0.5) is 13.2 Å². The van der Waals surface area contributed by atoms with Gasteiger partial charge < -0.3 is 9.13 Å². The second-order valence-electron chi connectivity index (χ2n) is 8.86. The second kappa shape index (κ2) is 8.14. The molecule has 0 radical (unpaired) electrons. The minimum absolute atomic E-state index is 0.0531. The summed E-state index contributed by atoms with van der Waals surface area (Å²) in [6, 6.07) is 8.38. The first-order valence-electron chi connectivity index (χ1n) is 11.4. The van der Waals surface area contributed by atoms with Gasteiger partial charge in [-0.2, -0.15) is 13.2 Å². The molecule has 0 spiro atoms. The zero-order chi connectivity index (χ0) is 25.0. The van der Waals surface area contributed by atoms with E-state index in [0.717, 1.165) is 35.7 Å². The van der Waals surface area contributed by atoms with Crippen LogP contribution in [-0.4, -0.2) is 39.8 Å². The first kappa shape index (κ1) is 22.2. The number of halogens is 3. The Labute approximate surface area is 202 Å². The maximum absolute atomic E-state index is 13.4. The Morgan fingerprint density at radius 1 is 1.06 bits per heavy atom. The molecular formula is C25H20F3N7O. The summed E-state index contributed by atoms with van der Waals surface area (Å²) >= 11 is 0. The van der Waals surface area contributed by atoms with Gasteiger partial charge in [0.15, 0.2) is 5.82 Å². The van der Waals surface area contributed by atoms with E-state index in [0.29, 0.717) is 16.8 Å². The number of hydrogen-bond donors (Lipinski definition) is 0. The van der Waals surface area contributed by atoms with Crippen LogP contribution in [0.2, 0.25) is 0 Å². The van der Waals surface area contributed by atoms with Crippen LogP contribution in [0.15, 0.2) is 72.4 Å². The van der Waals surface area contributed by atoms with E-state index in [1.165, 1.54) is 23.3 Å². The summed E-state index contributed by atoms with van der Waals surface area (Å²) in [5.74, 6) is 0.793. The number of benzene rings is 1.